The molecule has 0 radical (unpaired) electrons. The van der Waals surface area contributed by atoms with Crippen LogP contribution in [0.2, 0.25) is 0 Å². The van der Waals surface area contributed by atoms with Gasteiger partial charge in [-0.2, -0.15) is 0 Å². The summed E-state index contributed by atoms with van der Waals surface area (Å²) in [5, 5.41) is 0. The van der Waals surface area contributed by atoms with Gasteiger partial charge in [-0.15, -0.1) is 0 Å². The highest BCUT2D eigenvalue weighted by molar-refractivity contribution is 5.76. The van der Waals surface area contributed by atoms with Gasteiger partial charge in [0, 0.05) is 18.4 Å². The summed E-state index contributed by atoms with van der Waals surface area (Å²) in [5.74, 6) is 3.99. The maximum absolute atomic E-state index is 12.7. The van der Waals surface area contributed by atoms with Gasteiger partial charge in [0.15, 0.2) is 0 Å². The minimum Gasteiger partial charge on any atom is -0.493 e. The molecule has 3 atom stereocenters. The number of rotatable bonds is 4. The minimum atomic E-state index is 0.427. The lowest BCUT2D eigenvalue weighted by Crippen LogP contribution is -3.13. The van der Waals surface area contributed by atoms with Crippen molar-refractivity contribution in [2.75, 3.05) is 32.8 Å². The zero-order chi connectivity index (χ0) is 17.5. The topological polar surface area (TPSA) is 34.0 Å². The molecular weight excluding hydrogens is 324 g/mol. The number of benzene rings is 1. The van der Waals surface area contributed by atoms with Crippen LogP contribution in [0.3, 0.4) is 0 Å². The highest BCUT2D eigenvalue weighted by atomic mass is 16.5. The Labute approximate surface area is 156 Å². The van der Waals surface area contributed by atoms with Gasteiger partial charge in [0.05, 0.1) is 32.8 Å². The molecule has 4 aliphatic rings. The molecule has 5 rings (SSSR count). The van der Waals surface area contributed by atoms with Crippen LogP contribution in [-0.4, -0.2) is 43.6 Å². The molecule has 1 aromatic carbocycles. The summed E-state index contributed by atoms with van der Waals surface area (Å²) < 4.78 is 5.61. The third-order valence-corrected chi connectivity index (χ3v) is 7.35. The fraction of sp³-hybridized carbons (Fsp3) is 0.682. The van der Waals surface area contributed by atoms with E-state index in [9.17, 15) is 4.79 Å². The summed E-state index contributed by atoms with van der Waals surface area (Å²) in [6, 6.07) is 6.66. The van der Waals surface area contributed by atoms with Gasteiger partial charge in [-0.05, 0) is 60.8 Å². The van der Waals surface area contributed by atoms with E-state index in [2.05, 4.69) is 23.1 Å². The normalized spacial score (nSPS) is 30.5. The maximum Gasteiger partial charge on any atom is 0.223 e. The van der Waals surface area contributed by atoms with Crippen LogP contribution in [-0.2, 0) is 17.8 Å². The average molecular weight is 356 g/mol. The molecule has 26 heavy (non-hydrogen) atoms. The van der Waals surface area contributed by atoms with Crippen molar-refractivity contribution < 1.29 is 14.4 Å². The molecule has 0 unspecified atom stereocenters. The Morgan fingerprint density at radius 3 is 2.85 bits per heavy atom. The summed E-state index contributed by atoms with van der Waals surface area (Å²) >= 11 is 0. The quantitative estimate of drug-likeness (QED) is 0.892. The standard InChI is InChI=1S/C22H30N2O2/c25-22(14-20-12-16-1-3-18(20)11-16)24-8-6-23(7-9-24)15-17-2-4-21-19(13-17)5-10-26-21/h2,4,13,16,18,20H,1,3,5-12,14-15H2/p+1/t16-,18-,20+/m1/s1. The van der Waals surface area contributed by atoms with Crippen molar-refractivity contribution in [3.63, 3.8) is 0 Å². The summed E-state index contributed by atoms with van der Waals surface area (Å²) in [6.45, 7) is 5.93. The Hall–Kier alpha value is -1.55. The molecule has 2 heterocycles. The number of carbonyl (C=O) groups excluding carboxylic acids is 1. The van der Waals surface area contributed by atoms with Gasteiger partial charge in [0.2, 0.25) is 5.91 Å². The monoisotopic (exact) mass is 355 g/mol. The van der Waals surface area contributed by atoms with Crippen LogP contribution in [0.25, 0.3) is 0 Å². The van der Waals surface area contributed by atoms with E-state index < -0.39 is 0 Å². The first-order valence-electron chi connectivity index (χ1n) is 10.6. The smallest absolute Gasteiger partial charge is 0.223 e. The van der Waals surface area contributed by atoms with Crippen LogP contribution in [0.1, 0.15) is 43.2 Å². The third kappa shape index (κ3) is 3.24. The van der Waals surface area contributed by atoms with Crippen LogP contribution in [0.4, 0.5) is 0 Å². The fourth-order valence-electron chi connectivity index (χ4n) is 5.87. The molecule has 2 saturated carbocycles. The Morgan fingerprint density at radius 2 is 2.08 bits per heavy atom. The molecule has 2 aliphatic carbocycles. The van der Waals surface area contributed by atoms with Crippen molar-refractivity contribution in [3.8, 4) is 5.75 Å². The Morgan fingerprint density at radius 1 is 1.19 bits per heavy atom. The van der Waals surface area contributed by atoms with Gasteiger partial charge in [0.25, 0.3) is 0 Å². The number of carbonyl (C=O) groups is 1. The first-order chi connectivity index (χ1) is 12.7. The van der Waals surface area contributed by atoms with E-state index in [0.717, 1.165) is 69.8 Å². The number of hydrogen-bond acceptors (Lipinski definition) is 2. The van der Waals surface area contributed by atoms with Crippen molar-refractivity contribution in [3.05, 3.63) is 29.3 Å². The summed E-state index contributed by atoms with van der Waals surface area (Å²) in [4.78, 5) is 16.5. The Kier molecular flexibility index (Phi) is 4.39. The summed E-state index contributed by atoms with van der Waals surface area (Å²) in [7, 11) is 0. The number of hydrogen-bond donors (Lipinski definition) is 1. The Bertz CT molecular complexity index is 681. The maximum atomic E-state index is 12.7. The van der Waals surface area contributed by atoms with Crippen LogP contribution < -0.4 is 9.64 Å². The molecular formula is C22H31N2O2+. The number of fused-ring (bicyclic) bond motifs is 3. The first-order valence-corrected chi connectivity index (χ1v) is 10.6. The number of piperazine rings is 1. The van der Waals surface area contributed by atoms with Gasteiger partial charge in [-0.25, -0.2) is 0 Å². The minimum absolute atomic E-state index is 0.427. The zero-order valence-electron chi connectivity index (χ0n) is 15.7. The fourth-order valence-corrected chi connectivity index (χ4v) is 5.87. The third-order valence-electron chi connectivity index (χ3n) is 7.35. The van der Waals surface area contributed by atoms with Gasteiger partial charge in [0.1, 0.15) is 12.3 Å². The molecule has 1 N–H and O–H groups in total. The van der Waals surface area contributed by atoms with Crippen LogP contribution >= 0.6 is 0 Å². The van der Waals surface area contributed by atoms with Crippen molar-refractivity contribution in [2.45, 2.75) is 45.1 Å². The van der Waals surface area contributed by atoms with Gasteiger partial charge >= 0.3 is 0 Å². The van der Waals surface area contributed by atoms with E-state index in [1.165, 1.54) is 36.8 Å². The van der Waals surface area contributed by atoms with E-state index in [-0.39, 0.29) is 0 Å². The van der Waals surface area contributed by atoms with E-state index in [1.807, 2.05) is 0 Å². The molecule has 140 valence electrons. The molecule has 4 nitrogen and oxygen atoms in total. The average Bonchev–Trinajstić information content (AvgIpc) is 3.38. The highest BCUT2D eigenvalue weighted by Crippen LogP contribution is 2.49. The van der Waals surface area contributed by atoms with Crippen molar-refractivity contribution in [1.82, 2.24) is 4.90 Å². The Balaban J connectivity index is 1.11. The largest absolute Gasteiger partial charge is 0.493 e. The van der Waals surface area contributed by atoms with Crippen LogP contribution in [0.15, 0.2) is 18.2 Å². The van der Waals surface area contributed by atoms with Gasteiger partial charge in [-0.3, -0.25) is 4.79 Å². The zero-order valence-corrected chi connectivity index (χ0v) is 15.7. The van der Waals surface area contributed by atoms with E-state index >= 15 is 0 Å². The summed E-state index contributed by atoms with van der Waals surface area (Å²) in [6.07, 6.45) is 7.40. The molecule has 0 aromatic heterocycles. The lowest BCUT2D eigenvalue weighted by atomic mass is 9.86. The van der Waals surface area contributed by atoms with Crippen molar-refractivity contribution in [2.24, 2.45) is 17.8 Å². The number of amides is 1. The molecule has 0 spiro atoms. The van der Waals surface area contributed by atoms with Gasteiger partial charge in [-0.1, -0.05) is 6.42 Å². The SMILES string of the molecule is O=C(C[C@@H]1C[C@@H]2CC[C@@H]1C2)N1CC[NH+](Cc2ccc3c(c2)CCO3)CC1. The highest BCUT2D eigenvalue weighted by Gasteiger charge is 2.40. The molecule has 1 aromatic rings. The number of quaternary nitrogens is 1. The van der Waals surface area contributed by atoms with Crippen LogP contribution in [0.5, 0.6) is 5.75 Å². The predicted molar refractivity (Wildman–Crippen MR) is 100 cm³/mol. The van der Waals surface area contributed by atoms with Gasteiger partial charge < -0.3 is 14.5 Å². The number of nitrogens with zero attached hydrogens (tertiary/aromatic N) is 1. The second-order valence-corrected chi connectivity index (χ2v) is 8.99. The van der Waals surface area contributed by atoms with Crippen molar-refractivity contribution >= 4 is 5.91 Å². The molecule has 4 heteroatoms. The van der Waals surface area contributed by atoms with E-state index in [4.69, 9.17) is 4.74 Å². The lowest BCUT2D eigenvalue weighted by Gasteiger charge is -2.33. The lowest BCUT2D eigenvalue weighted by molar-refractivity contribution is -0.917. The number of ether oxygens (including phenoxy) is 1. The molecule has 1 amide bonds. The van der Waals surface area contributed by atoms with E-state index in [1.54, 1.807) is 4.90 Å². The number of nitrogens with one attached hydrogen (secondary N) is 1. The van der Waals surface area contributed by atoms with E-state index in [0.29, 0.717) is 11.8 Å². The van der Waals surface area contributed by atoms with Crippen LogP contribution in [0, 0.1) is 17.8 Å². The molecule has 2 aliphatic heterocycles. The summed E-state index contributed by atoms with van der Waals surface area (Å²) in [5.41, 5.74) is 2.77. The second-order valence-electron chi connectivity index (χ2n) is 8.99. The molecule has 3 fully saturated rings. The predicted octanol–water partition coefficient (Wildman–Crippen LogP) is 1.67. The molecule has 2 bridgehead atoms. The second kappa shape index (κ2) is 6.88. The van der Waals surface area contributed by atoms with Crippen molar-refractivity contribution in [1.29, 1.82) is 0 Å². The molecule has 1 saturated heterocycles. The first kappa shape index (κ1) is 16.6.